The summed E-state index contributed by atoms with van der Waals surface area (Å²) in [7, 11) is 0. The van der Waals surface area contributed by atoms with Crippen molar-refractivity contribution in [2.45, 2.75) is 38.9 Å². The Bertz CT molecular complexity index is 357. The fraction of sp³-hybridized carbons (Fsp3) is 0.615. The largest absolute Gasteiger partial charge is 0.466 e. The molecule has 1 atom stereocenters. The van der Waals surface area contributed by atoms with Crippen molar-refractivity contribution < 1.29 is 19.1 Å². The van der Waals surface area contributed by atoms with Crippen molar-refractivity contribution in [3.63, 3.8) is 0 Å². The van der Waals surface area contributed by atoms with E-state index in [1.54, 1.807) is 19.1 Å². The van der Waals surface area contributed by atoms with E-state index in [1.807, 2.05) is 13.8 Å². The van der Waals surface area contributed by atoms with Crippen molar-refractivity contribution in [2.75, 3.05) is 13.2 Å². The molecule has 0 aliphatic carbocycles. The lowest BCUT2D eigenvalue weighted by Gasteiger charge is -2.21. The number of hydrogen-bond acceptors (Lipinski definition) is 4. The summed E-state index contributed by atoms with van der Waals surface area (Å²) in [4.78, 5) is 11.5. The number of ether oxygens (including phenoxy) is 1. The van der Waals surface area contributed by atoms with Gasteiger partial charge in [-0.1, -0.05) is 0 Å². The van der Waals surface area contributed by atoms with Gasteiger partial charge in [0.25, 0.3) is 0 Å². The first-order valence-corrected chi connectivity index (χ1v) is 6.06. The smallest absolute Gasteiger partial charge is 0.222 e. The first-order valence-electron chi connectivity index (χ1n) is 6.06. The Hall–Kier alpha value is -1.33. The molecular weight excluding hydrogens is 234 g/mol. The van der Waals surface area contributed by atoms with E-state index in [4.69, 9.17) is 9.15 Å². The van der Waals surface area contributed by atoms with Crippen molar-refractivity contribution in [2.24, 2.45) is 0 Å². The average Bonchev–Trinajstić information content (AvgIpc) is 2.80. The second-order valence-corrected chi connectivity index (χ2v) is 4.70. The van der Waals surface area contributed by atoms with Gasteiger partial charge in [-0.2, -0.15) is 0 Å². The minimum absolute atomic E-state index is 0.112. The van der Waals surface area contributed by atoms with Crippen LogP contribution in [0.4, 0.5) is 0 Å². The van der Waals surface area contributed by atoms with Crippen molar-refractivity contribution in [3.05, 3.63) is 24.2 Å². The van der Waals surface area contributed by atoms with Gasteiger partial charge in [0, 0.05) is 6.42 Å². The molecule has 1 amide bonds. The third-order valence-corrected chi connectivity index (χ3v) is 2.46. The predicted molar refractivity (Wildman–Crippen MR) is 67.0 cm³/mol. The van der Waals surface area contributed by atoms with Crippen LogP contribution < -0.4 is 5.32 Å². The highest BCUT2D eigenvalue weighted by atomic mass is 16.5. The molecule has 0 fully saturated rings. The number of furan rings is 1. The molecule has 1 heterocycles. The third-order valence-electron chi connectivity index (χ3n) is 2.46. The Morgan fingerprint density at radius 3 is 2.89 bits per heavy atom. The highest BCUT2D eigenvalue weighted by Gasteiger charge is 2.26. The third kappa shape index (κ3) is 4.89. The summed E-state index contributed by atoms with van der Waals surface area (Å²) >= 11 is 0. The van der Waals surface area contributed by atoms with Crippen LogP contribution in [0.25, 0.3) is 0 Å². The zero-order chi connectivity index (χ0) is 13.6. The minimum atomic E-state index is -1.20. The van der Waals surface area contributed by atoms with E-state index in [-0.39, 0.29) is 25.0 Å². The Balaban J connectivity index is 2.29. The second-order valence-electron chi connectivity index (χ2n) is 4.70. The van der Waals surface area contributed by atoms with Gasteiger partial charge in [0.2, 0.25) is 5.91 Å². The summed E-state index contributed by atoms with van der Waals surface area (Å²) < 4.78 is 10.4. The van der Waals surface area contributed by atoms with Crippen LogP contribution in [0.2, 0.25) is 0 Å². The number of amides is 1. The van der Waals surface area contributed by atoms with Gasteiger partial charge in [0.1, 0.15) is 11.4 Å². The number of carbonyl (C=O) groups is 1. The molecule has 0 saturated carbocycles. The van der Waals surface area contributed by atoms with E-state index in [2.05, 4.69) is 5.32 Å². The first kappa shape index (κ1) is 14.7. The molecule has 5 heteroatoms. The van der Waals surface area contributed by atoms with Gasteiger partial charge in [-0.3, -0.25) is 4.79 Å². The van der Waals surface area contributed by atoms with Gasteiger partial charge >= 0.3 is 0 Å². The van der Waals surface area contributed by atoms with Gasteiger partial charge in [-0.15, -0.1) is 0 Å². The second kappa shape index (κ2) is 6.56. The topological polar surface area (TPSA) is 71.7 Å². The zero-order valence-corrected chi connectivity index (χ0v) is 11.1. The molecule has 0 aromatic carbocycles. The van der Waals surface area contributed by atoms with Gasteiger partial charge in [-0.05, 0) is 32.9 Å². The Morgan fingerprint density at radius 2 is 2.33 bits per heavy atom. The molecule has 0 spiro atoms. The molecule has 102 valence electrons. The van der Waals surface area contributed by atoms with Gasteiger partial charge in [-0.25, -0.2) is 0 Å². The maximum atomic E-state index is 11.5. The summed E-state index contributed by atoms with van der Waals surface area (Å²) in [6, 6.07) is 3.37. The summed E-state index contributed by atoms with van der Waals surface area (Å²) in [5.74, 6) is 0.281. The zero-order valence-electron chi connectivity index (χ0n) is 11.1. The van der Waals surface area contributed by atoms with Gasteiger partial charge in [0.15, 0.2) is 0 Å². The summed E-state index contributed by atoms with van der Waals surface area (Å²) in [6.07, 6.45) is 1.89. The highest BCUT2D eigenvalue weighted by molar-refractivity contribution is 5.76. The average molecular weight is 255 g/mol. The number of nitrogens with one attached hydrogen (secondary N) is 1. The number of aliphatic hydroxyl groups is 1. The molecule has 5 nitrogen and oxygen atoms in total. The number of hydrogen-bond donors (Lipinski definition) is 2. The molecule has 18 heavy (non-hydrogen) atoms. The quantitative estimate of drug-likeness (QED) is 0.773. The molecular formula is C13H21NO4. The Morgan fingerprint density at radius 1 is 1.61 bits per heavy atom. The van der Waals surface area contributed by atoms with E-state index in [0.29, 0.717) is 12.4 Å². The molecule has 1 rings (SSSR count). The fourth-order valence-electron chi connectivity index (χ4n) is 1.42. The standard InChI is InChI=1S/C13H21NO4/c1-10(2)17-8-6-12(15)14-9-13(3,16)11-5-4-7-18-11/h4-5,7,10,16H,6,8-9H2,1-3H3,(H,14,15). The Labute approximate surface area is 107 Å². The highest BCUT2D eigenvalue weighted by Crippen LogP contribution is 2.19. The van der Waals surface area contributed by atoms with Crippen molar-refractivity contribution >= 4 is 5.91 Å². The lowest BCUT2D eigenvalue weighted by Crippen LogP contribution is -2.38. The molecule has 2 N–H and O–H groups in total. The fourth-order valence-corrected chi connectivity index (χ4v) is 1.42. The van der Waals surface area contributed by atoms with Crippen LogP contribution in [0.1, 0.15) is 33.0 Å². The minimum Gasteiger partial charge on any atom is -0.466 e. The SMILES string of the molecule is CC(C)OCCC(=O)NCC(C)(O)c1ccco1. The van der Waals surface area contributed by atoms with E-state index in [1.165, 1.54) is 6.26 Å². The van der Waals surface area contributed by atoms with Crippen LogP contribution in [0.3, 0.4) is 0 Å². The van der Waals surface area contributed by atoms with E-state index in [9.17, 15) is 9.90 Å². The van der Waals surface area contributed by atoms with Crippen molar-refractivity contribution in [1.82, 2.24) is 5.32 Å². The maximum Gasteiger partial charge on any atom is 0.222 e. The molecule has 0 radical (unpaired) electrons. The summed E-state index contributed by atoms with van der Waals surface area (Å²) in [5, 5.41) is 12.8. The summed E-state index contributed by atoms with van der Waals surface area (Å²) in [5.41, 5.74) is -1.20. The van der Waals surface area contributed by atoms with Crippen LogP contribution in [-0.2, 0) is 15.1 Å². The van der Waals surface area contributed by atoms with E-state index < -0.39 is 5.60 Å². The van der Waals surface area contributed by atoms with Gasteiger partial charge in [0.05, 0.1) is 25.5 Å². The predicted octanol–water partition coefficient (Wildman–Crippen LogP) is 1.42. The first-order chi connectivity index (χ1) is 8.42. The van der Waals surface area contributed by atoms with Crippen LogP contribution in [-0.4, -0.2) is 30.3 Å². The molecule has 0 aliphatic rings. The lowest BCUT2D eigenvalue weighted by molar-refractivity contribution is -0.123. The molecule has 1 unspecified atom stereocenters. The normalized spacial score (nSPS) is 14.5. The maximum absolute atomic E-state index is 11.5. The van der Waals surface area contributed by atoms with Crippen molar-refractivity contribution in [3.8, 4) is 0 Å². The number of carbonyl (C=O) groups excluding carboxylic acids is 1. The molecule has 0 saturated heterocycles. The van der Waals surface area contributed by atoms with Crippen LogP contribution in [0, 0.1) is 0 Å². The van der Waals surface area contributed by atoms with Crippen molar-refractivity contribution in [1.29, 1.82) is 0 Å². The molecule has 0 bridgehead atoms. The number of rotatable bonds is 7. The van der Waals surface area contributed by atoms with Crippen LogP contribution in [0.15, 0.2) is 22.8 Å². The summed E-state index contributed by atoms with van der Waals surface area (Å²) in [6.45, 7) is 5.92. The van der Waals surface area contributed by atoms with E-state index >= 15 is 0 Å². The van der Waals surface area contributed by atoms with Crippen LogP contribution >= 0.6 is 0 Å². The van der Waals surface area contributed by atoms with Gasteiger partial charge < -0.3 is 19.6 Å². The Kier molecular flexibility index (Phi) is 5.37. The van der Waals surface area contributed by atoms with Crippen LogP contribution in [0.5, 0.6) is 0 Å². The van der Waals surface area contributed by atoms with E-state index in [0.717, 1.165) is 0 Å². The molecule has 1 aromatic rings. The molecule has 1 aromatic heterocycles. The lowest BCUT2D eigenvalue weighted by atomic mass is 10.0. The molecule has 0 aliphatic heterocycles. The monoisotopic (exact) mass is 255 g/mol.